The number of hydrogen-bond acceptors (Lipinski definition) is 2. The number of carbonyl (C=O) groups excluding carboxylic acids is 2. The number of rotatable bonds is 6. The number of carbonyl (C=O) groups is 2. The van der Waals surface area contributed by atoms with Gasteiger partial charge in [-0.1, -0.05) is 60.7 Å². The van der Waals surface area contributed by atoms with Crippen LogP contribution in [0.2, 0.25) is 0 Å². The van der Waals surface area contributed by atoms with Crippen molar-refractivity contribution in [2.75, 3.05) is 0 Å². The maximum Gasteiger partial charge on any atom is 0.229 e. The van der Waals surface area contributed by atoms with Crippen LogP contribution in [0.5, 0.6) is 0 Å². The minimum absolute atomic E-state index is 0.122. The lowest BCUT2D eigenvalue weighted by atomic mass is 10.1. The smallest absolute Gasteiger partial charge is 0.229 e. The van der Waals surface area contributed by atoms with Crippen LogP contribution in [-0.4, -0.2) is 11.8 Å². The molecule has 4 heteroatoms. The summed E-state index contributed by atoms with van der Waals surface area (Å²) in [5, 5.41) is 5.68. The molecule has 0 aromatic heterocycles. The largest absolute Gasteiger partial charge is 0.349 e. The number of hydrogen-bond donors (Lipinski definition) is 2. The summed E-state index contributed by atoms with van der Waals surface area (Å²) < 4.78 is 0. The molecule has 2 N–H and O–H groups in total. The number of benzene rings is 2. The van der Waals surface area contributed by atoms with Crippen LogP contribution in [0.1, 0.15) is 43.5 Å². The summed E-state index contributed by atoms with van der Waals surface area (Å²) in [6.45, 7) is 3.80. The third kappa shape index (κ3) is 5.25. The lowest BCUT2D eigenvalue weighted by Crippen LogP contribution is -2.34. The third-order valence-electron chi connectivity index (χ3n) is 3.68. The lowest BCUT2D eigenvalue weighted by molar-refractivity contribution is -0.129. The molecule has 0 aliphatic heterocycles. The van der Waals surface area contributed by atoms with E-state index in [0.29, 0.717) is 0 Å². The zero-order chi connectivity index (χ0) is 16.7. The Morgan fingerprint density at radius 2 is 1.09 bits per heavy atom. The van der Waals surface area contributed by atoms with Gasteiger partial charge in [-0.2, -0.15) is 0 Å². The Labute approximate surface area is 136 Å². The van der Waals surface area contributed by atoms with Crippen LogP contribution in [0.3, 0.4) is 0 Å². The fourth-order valence-corrected chi connectivity index (χ4v) is 2.38. The maximum atomic E-state index is 12.0. The average Bonchev–Trinajstić information content (AvgIpc) is 2.56. The standard InChI is InChI=1S/C19H22N2O2/c1-14(16-9-5-3-6-10-16)20-18(22)13-19(23)21-15(2)17-11-7-4-8-12-17/h3-12,14-15H,13H2,1-2H3,(H,20,22)(H,21,23)/t14-,15?/m1/s1. The van der Waals surface area contributed by atoms with Gasteiger partial charge in [-0.05, 0) is 25.0 Å². The first-order valence-corrected chi connectivity index (χ1v) is 7.75. The van der Waals surface area contributed by atoms with Gasteiger partial charge in [0.1, 0.15) is 6.42 Å². The Hall–Kier alpha value is -2.62. The van der Waals surface area contributed by atoms with Gasteiger partial charge >= 0.3 is 0 Å². The highest BCUT2D eigenvalue weighted by Gasteiger charge is 2.15. The molecular weight excluding hydrogens is 288 g/mol. The van der Waals surface area contributed by atoms with Crippen LogP contribution in [0.4, 0.5) is 0 Å². The minimum atomic E-state index is -0.279. The molecule has 2 amide bonds. The van der Waals surface area contributed by atoms with E-state index >= 15 is 0 Å². The fourth-order valence-electron chi connectivity index (χ4n) is 2.38. The molecule has 0 spiro atoms. The Morgan fingerprint density at radius 3 is 1.43 bits per heavy atom. The molecule has 0 aliphatic rings. The molecule has 0 saturated heterocycles. The predicted octanol–water partition coefficient (Wildman–Crippen LogP) is 3.13. The first-order chi connectivity index (χ1) is 11.1. The van der Waals surface area contributed by atoms with E-state index in [4.69, 9.17) is 0 Å². The van der Waals surface area contributed by atoms with Gasteiger partial charge in [-0.3, -0.25) is 9.59 Å². The van der Waals surface area contributed by atoms with Crippen molar-refractivity contribution >= 4 is 11.8 Å². The summed E-state index contributed by atoms with van der Waals surface area (Å²) >= 11 is 0. The van der Waals surface area contributed by atoms with Crippen LogP contribution < -0.4 is 10.6 Å². The molecule has 0 saturated carbocycles. The summed E-state index contributed by atoms with van der Waals surface area (Å²) in [5.74, 6) is -0.557. The van der Waals surface area contributed by atoms with E-state index in [9.17, 15) is 9.59 Å². The summed E-state index contributed by atoms with van der Waals surface area (Å²) in [5.41, 5.74) is 2.03. The van der Waals surface area contributed by atoms with E-state index < -0.39 is 0 Å². The van der Waals surface area contributed by atoms with Gasteiger partial charge in [0.15, 0.2) is 0 Å². The zero-order valence-corrected chi connectivity index (χ0v) is 13.5. The van der Waals surface area contributed by atoms with E-state index in [-0.39, 0.29) is 30.3 Å². The van der Waals surface area contributed by atoms with Crippen molar-refractivity contribution in [2.45, 2.75) is 32.4 Å². The number of nitrogens with one attached hydrogen (secondary N) is 2. The molecule has 0 radical (unpaired) electrons. The van der Waals surface area contributed by atoms with E-state index in [1.54, 1.807) is 0 Å². The molecule has 2 rings (SSSR count). The van der Waals surface area contributed by atoms with Gasteiger partial charge in [-0.15, -0.1) is 0 Å². The van der Waals surface area contributed by atoms with Gasteiger partial charge in [0.25, 0.3) is 0 Å². The van der Waals surface area contributed by atoms with Crippen molar-refractivity contribution in [1.82, 2.24) is 10.6 Å². The van der Waals surface area contributed by atoms with E-state index in [0.717, 1.165) is 11.1 Å². The van der Waals surface area contributed by atoms with Gasteiger partial charge in [-0.25, -0.2) is 0 Å². The highest BCUT2D eigenvalue weighted by atomic mass is 16.2. The van der Waals surface area contributed by atoms with Crippen LogP contribution in [0.15, 0.2) is 60.7 Å². The Bertz CT molecular complexity index is 583. The molecule has 0 aliphatic carbocycles. The van der Waals surface area contributed by atoms with Gasteiger partial charge < -0.3 is 10.6 Å². The van der Waals surface area contributed by atoms with Crippen molar-refractivity contribution in [1.29, 1.82) is 0 Å². The first-order valence-electron chi connectivity index (χ1n) is 7.75. The van der Waals surface area contributed by atoms with E-state index in [1.807, 2.05) is 74.5 Å². The van der Waals surface area contributed by atoms with Gasteiger partial charge in [0.2, 0.25) is 11.8 Å². The molecule has 23 heavy (non-hydrogen) atoms. The van der Waals surface area contributed by atoms with Crippen LogP contribution >= 0.6 is 0 Å². The van der Waals surface area contributed by atoms with E-state index in [1.165, 1.54) is 0 Å². The minimum Gasteiger partial charge on any atom is -0.349 e. The molecule has 4 nitrogen and oxygen atoms in total. The molecule has 0 heterocycles. The van der Waals surface area contributed by atoms with Crippen molar-refractivity contribution < 1.29 is 9.59 Å². The van der Waals surface area contributed by atoms with Gasteiger partial charge in [0, 0.05) is 0 Å². The monoisotopic (exact) mass is 310 g/mol. The average molecular weight is 310 g/mol. The number of amides is 2. The fraction of sp³-hybridized carbons (Fsp3) is 0.263. The Balaban J connectivity index is 1.82. The normalized spacial score (nSPS) is 13.0. The van der Waals surface area contributed by atoms with Crippen LogP contribution in [0.25, 0.3) is 0 Å². The van der Waals surface area contributed by atoms with Crippen molar-refractivity contribution in [3.63, 3.8) is 0 Å². The quantitative estimate of drug-likeness (QED) is 0.805. The second-order valence-corrected chi connectivity index (χ2v) is 5.58. The highest BCUT2D eigenvalue weighted by molar-refractivity contribution is 5.97. The van der Waals surface area contributed by atoms with Crippen molar-refractivity contribution in [3.8, 4) is 0 Å². The molecule has 0 fully saturated rings. The second-order valence-electron chi connectivity index (χ2n) is 5.58. The molecule has 2 atom stereocenters. The molecule has 120 valence electrons. The lowest BCUT2D eigenvalue weighted by Gasteiger charge is -2.16. The third-order valence-corrected chi connectivity index (χ3v) is 3.68. The second kappa shape index (κ2) is 8.13. The maximum absolute atomic E-state index is 12.0. The molecule has 1 unspecified atom stereocenters. The SMILES string of the molecule is CC(NC(=O)CC(=O)N[C@H](C)c1ccccc1)c1ccccc1. The first kappa shape index (κ1) is 16.7. The molecule has 2 aromatic rings. The zero-order valence-electron chi connectivity index (χ0n) is 13.5. The van der Waals surface area contributed by atoms with Crippen LogP contribution in [0, 0.1) is 0 Å². The molecular formula is C19H22N2O2. The summed E-state index contributed by atoms with van der Waals surface area (Å²) in [6.07, 6.45) is -0.172. The highest BCUT2D eigenvalue weighted by Crippen LogP contribution is 2.12. The summed E-state index contributed by atoms with van der Waals surface area (Å²) in [7, 11) is 0. The Kier molecular flexibility index (Phi) is 5.92. The topological polar surface area (TPSA) is 58.2 Å². The summed E-state index contributed by atoms with van der Waals surface area (Å²) in [4.78, 5) is 24.0. The molecule has 2 aromatic carbocycles. The van der Waals surface area contributed by atoms with Crippen molar-refractivity contribution in [3.05, 3.63) is 71.8 Å². The summed E-state index contributed by atoms with van der Waals surface area (Å²) in [6, 6.07) is 19.1. The Morgan fingerprint density at radius 1 is 0.739 bits per heavy atom. The predicted molar refractivity (Wildman–Crippen MR) is 90.6 cm³/mol. The van der Waals surface area contributed by atoms with Crippen molar-refractivity contribution in [2.24, 2.45) is 0 Å². The molecule has 0 bridgehead atoms. The van der Waals surface area contributed by atoms with Crippen LogP contribution in [-0.2, 0) is 9.59 Å². The van der Waals surface area contributed by atoms with Gasteiger partial charge in [0.05, 0.1) is 12.1 Å². The van der Waals surface area contributed by atoms with E-state index in [2.05, 4.69) is 10.6 Å².